The van der Waals surface area contributed by atoms with Crippen LogP contribution in [0.2, 0.25) is 0 Å². The van der Waals surface area contributed by atoms with Crippen molar-refractivity contribution in [1.82, 2.24) is 10.2 Å². The number of aliphatic hydroxyl groups excluding tert-OH is 1. The summed E-state index contributed by atoms with van der Waals surface area (Å²) >= 11 is 0. The molecule has 5 heteroatoms. The molecule has 2 rings (SSSR count). The van der Waals surface area contributed by atoms with E-state index in [1.165, 1.54) is 0 Å². The van der Waals surface area contributed by atoms with Gasteiger partial charge >= 0.3 is 0 Å². The van der Waals surface area contributed by atoms with Gasteiger partial charge in [-0.2, -0.15) is 0 Å². The average Bonchev–Trinajstić information content (AvgIpc) is 3.01. The second-order valence-electron chi connectivity index (χ2n) is 6.42. The number of aliphatic hydroxyl groups is 1. The van der Waals surface area contributed by atoms with Crippen LogP contribution in [0.25, 0.3) is 0 Å². The molecule has 1 aliphatic heterocycles. The van der Waals surface area contributed by atoms with Gasteiger partial charge in [0, 0.05) is 32.2 Å². The Morgan fingerprint density at radius 2 is 2.10 bits per heavy atom. The third-order valence-corrected chi connectivity index (χ3v) is 4.74. The minimum Gasteiger partial charge on any atom is -0.396 e. The van der Waals surface area contributed by atoms with Gasteiger partial charge in [-0.05, 0) is 38.5 Å². The van der Waals surface area contributed by atoms with E-state index in [0.29, 0.717) is 31.3 Å². The lowest BCUT2D eigenvalue weighted by atomic mass is 9.96. The molecule has 0 aromatic rings. The van der Waals surface area contributed by atoms with E-state index < -0.39 is 0 Å². The van der Waals surface area contributed by atoms with Crippen molar-refractivity contribution in [3.63, 3.8) is 0 Å². The number of rotatable bonds is 5. The number of nitrogens with one attached hydrogen (secondary N) is 1. The molecule has 5 nitrogen and oxygen atoms in total. The van der Waals surface area contributed by atoms with E-state index in [1.807, 2.05) is 13.8 Å². The molecule has 2 fully saturated rings. The quantitative estimate of drug-likeness (QED) is 0.782. The van der Waals surface area contributed by atoms with Crippen LogP contribution in [0.15, 0.2) is 0 Å². The molecule has 1 saturated carbocycles. The molecule has 3 unspecified atom stereocenters. The number of hydrogen-bond acceptors (Lipinski definition) is 3. The van der Waals surface area contributed by atoms with Gasteiger partial charge in [0.15, 0.2) is 0 Å². The van der Waals surface area contributed by atoms with Crippen molar-refractivity contribution in [2.24, 2.45) is 17.8 Å². The lowest BCUT2D eigenvalue weighted by Crippen LogP contribution is -2.38. The zero-order chi connectivity index (χ0) is 14.7. The molecule has 0 spiro atoms. The van der Waals surface area contributed by atoms with Crippen molar-refractivity contribution in [1.29, 1.82) is 0 Å². The summed E-state index contributed by atoms with van der Waals surface area (Å²) in [5, 5.41) is 12.3. The highest BCUT2D eigenvalue weighted by atomic mass is 16.3. The average molecular weight is 282 g/mol. The highest BCUT2D eigenvalue weighted by molar-refractivity contribution is 5.89. The molecule has 2 amide bonds. The monoisotopic (exact) mass is 282 g/mol. The molecule has 2 N–H and O–H groups in total. The maximum Gasteiger partial charge on any atom is 0.225 e. The van der Waals surface area contributed by atoms with Gasteiger partial charge in [-0.15, -0.1) is 0 Å². The Hall–Kier alpha value is -1.10. The molecule has 20 heavy (non-hydrogen) atoms. The summed E-state index contributed by atoms with van der Waals surface area (Å²) in [7, 11) is 0. The second kappa shape index (κ2) is 6.57. The van der Waals surface area contributed by atoms with E-state index in [4.69, 9.17) is 0 Å². The molecule has 0 aromatic heterocycles. The van der Waals surface area contributed by atoms with Crippen LogP contribution in [-0.4, -0.2) is 47.6 Å². The van der Waals surface area contributed by atoms with Crippen LogP contribution >= 0.6 is 0 Å². The van der Waals surface area contributed by atoms with Crippen molar-refractivity contribution in [2.45, 2.75) is 45.6 Å². The van der Waals surface area contributed by atoms with E-state index in [2.05, 4.69) is 5.32 Å². The number of likely N-dealkylation sites (tertiary alicyclic amines) is 1. The van der Waals surface area contributed by atoms with Crippen LogP contribution in [0.3, 0.4) is 0 Å². The van der Waals surface area contributed by atoms with Crippen LogP contribution < -0.4 is 5.32 Å². The molecular formula is C15H26N2O3. The van der Waals surface area contributed by atoms with Crippen LogP contribution in [0.5, 0.6) is 0 Å². The van der Waals surface area contributed by atoms with Crippen molar-refractivity contribution in [3.05, 3.63) is 0 Å². The first-order valence-electron chi connectivity index (χ1n) is 7.71. The van der Waals surface area contributed by atoms with Gasteiger partial charge in [0.2, 0.25) is 11.8 Å². The highest BCUT2D eigenvalue weighted by Gasteiger charge is 2.36. The zero-order valence-corrected chi connectivity index (χ0v) is 12.5. The molecular weight excluding hydrogens is 256 g/mol. The van der Waals surface area contributed by atoms with Crippen molar-refractivity contribution < 1.29 is 14.7 Å². The Morgan fingerprint density at radius 3 is 2.70 bits per heavy atom. The fourth-order valence-corrected chi connectivity index (χ4v) is 3.40. The maximum atomic E-state index is 12.2. The fraction of sp³-hybridized carbons (Fsp3) is 0.867. The Labute approximate surface area is 120 Å². The summed E-state index contributed by atoms with van der Waals surface area (Å²) in [6, 6.07) is 0.161. The van der Waals surface area contributed by atoms with Crippen molar-refractivity contribution in [3.8, 4) is 0 Å². The first-order chi connectivity index (χ1) is 9.52. The standard InChI is InChI=1S/C15H26N2O3/c1-10(2)17-8-13(6-14(17)19)15(20)16-7-11-4-3-5-12(11)9-18/h10-13,18H,3-9H2,1-2H3,(H,16,20). The Morgan fingerprint density at radius 1 is 1.40 bits per heavy atom. The predicted octanol–water partition coefficient (Wildman–Crippen LogP) is 0.768. The number of amides is 2. The number of carbonyl (C=O) groups is 2. The lowest BCUT2D eigenvalue weighted by molar-refractivity contribution is -0.130. The second-order valence-corrected chi connectivity index (χ2v) is 6.42. The van der Waals surface area contributed by atoms with E-state index >= 15 is 0 Å². The first-order valence-corrected chi connectivity index (χ1v) is 7.71. The van der Waals surface area contributed by atoms with Gasteiger partial charge in [-0.1, -0.05) is 6.42 Å². The van der Waals surface area contributed by atoms with Gasteiger partial charge in [0.05, 0.1) is 5.92 Å². The topological polar surface area (TPSA) is 69.6 Å². The summed E-state index contributed by atoms with van der Waals surface area (Å²) < 4.78 is 0. The zero-order valence-electron chi connectivity index (χ0n) is 12.5. The molecule has 114 valence electrons. The molecule has 0 radical (unpaired) electrons. The number of hydrogen-bond donors (Lipinski definition) is 2. The summed E-state index contributed by atoms with van der Waals surface area (Å²) in [5.74, 6) is 0.577. The largest absolute Gasteiger partial charge is 0.396 e. The Bertz CT molecular complexity index is 370. The SMILES string of the molecule is CC(C)N1CC(C(=O)NCC2CCCC2CO)CC1=O. The Kier molecular flexibility index (Phi) is 5.02. The third kappa shape index (κ3) is 3.32. The van der Waals surface area contributed by atoms with Crippen LogP contribution in [-0.2, 0) is 9.59 Å². The molecule has 0 aromatic carbocycles. The summed E-state index contributed by atoms with van der Waals surface area (Å²) in [4.78, 5) is 25.7. The molecule has 0 bridgehead atoms. The summed E-state index contributed by atoms with van der Waals surface area (Å²) in [5.41, 5.74) is 0. The minimum atomic E-state index is -0.209. The van der Waals surface area contributed by atoms with Gasteiger partial charge in [-0.25, -0.2) is 0 Å². The van der Waals surface area contributed by atoms with Gasteiger partial charge in [0.25, 0.3) is 0 Å². The van der Waals surface area contributed by atoms with Crippen molar-refractivity contribution in [2.75, 3.05) is 19.7 Å². The number of carbonyl (C=O) groups excluding carboxylic acids is 2. The third-order valence-electron chi connectivity index (χ3n) is 4.74. The summed E-state index contributed by atoms with van der Waals surface area (Å²) in [6.45, 7) is 5.33. The molecule has 2 aliphatic rings. The van der Waals surface area contributed by atoms with E-state index in [1.54, 1.807) is 4.90 Å². The normalized spacial score (nSPS) is 30.3. The van der Waals surface area contributed by atoms with Crippen LogP contribution in [0, 0.1) is 17.8 Å². The van der Waals surface area contributed by atoms with Crippen molar-refractivity contribution >= 4 is 11.8 Å². The lowest BCUT2D eigenvalue weighted by Gasteiger charge is -2.21. The van der Waals surface area contributed by atoms with E-state index in [0.717, 1.165) is 19.3 Å². The number of nitrogens with zero attached hydrogens (tertiary/aromatic N) is 1. The molecule has 1 saturated heterocycles. The van der Waals surface area contributed by atoms with E-state index in [-0.39, 0.29) is 30.4 Å². The summed E-state index contributed by atoms with van der Waals surface area (Å²) in [6.07, 6.45) is 3.60. The van der Waals surface area contributed by atoms with Crippen LogP contribution in [0.1, 0.15) is 39.5 Å². The Balaban J connectivity index is 1.80. The molecule has 1 aliphatic carbocycles. The predicted molar refractivity (Wildman–Crippen MR) is 75.9 cm³/mol. The minimum absolute atomic E-state index is 0.00918. The van der Waals surface area contributed by atoms with Gasteiger partial charge in [-0.3, -0.25) is 9.59 Å². The highest BCUT2D eigenvalue weighted by Crippen LogP contribution is 2.30. The fourth-order valence-electron chi connectivity index (χ4n) is 3.40. The van der Waals surface area contributed by atoms with Gasteiger partial charge in [0.1, 0.15) is 0 Å². The smallest absolute Gasteiger partial charge is 0.225 e. The van der Waals surface area contributed by atoms with E-state index in [9.17, 15) is 14.7 Å². The van der Waals surface area contributed by atoms with Gasteiger partial charge < -0.3 is 15.3 Å². The van der Waals surface area contributed by atoms with Crippen LogP contribution in [0.4, 0.5) is 0 Å². The molecule has 1 heterocycles. The molecule has 3 atom stereocenters. The first kappa shape index (κ1) is 15.3. The maximum absolute atomic E-state index is 12.2.